The van der Waals surface area contributed by atoms with Gasteiger partial charge in [-0.3, -0.25) is 19.5 Å². The second-order valence-electron chi connectivity index (χ2n) is 8.24. The van der Waals surface area contributed by atoms with Crippen molar-refractivity contribution in [1.82, 2.24) is 4.98 Å². The smallest absolute Gasteiger partial charge is 0.300 e. The van der Waals surface area contributed by atoms with Crippen LogP contribution in [-0.2, 0) is 9.59 Å². The number of pyridine rings is 1. The Kier molecular flexibility index (Phi) is 5.09. The van der Waals surface area contributed by atoms with Crippen LogP contribution in [0.15, 0.2) is 72.6 Å². The fraction of sp³-hybridized carbons (Fsp3) is 0.192. The summed E-state index contributed by atoms with van der Waals surface area (Å²) >= 11 is 0. The molecule has 2 aromatic carbocycles. The van der Waals surface area contributed by atoms with E-state index in [0.29, 0.717) is 35.7 Å². The molecule has 0 aliphatic carbocycles. The number of ether oxygens (including phenoxy) is 1. The fourth-order valence-corrected chi connectivity index (χ4v) is 4.32. The molecule has 3 heterocycles. The molecule has 0 bridgehead atoms. The Balaban J connectivity index is 1.69. The highest BCUT2D eigenvalue weighted by molar-refractivity contribution is 6.51. The molecule has 1 N–H and O–H groups in total. The fourth-order valence-electron chi connectivity index (χ4n) is 4.32. The Hall–Kier alpha value is -4.13. The first-order valence-electron chi connectivity index (χ1n) is 10.7. The van der Waals surface area contributed by atoms with E-state index >= 15 is 0 Å². The topological polar surface area (TPSA) is 83.0 Å². The molecule has 1 saturated heterocycles. The summed E-state index contributed by atoms with van der Waals surface area (Å²) in [5.41, 5.74) is 3.62. The number of aliphatic hydroxyl groups excluding tert-OH is 1. The average Bonchev–Trinajstić information content (AvgIpc) is 3.10. The van der Waals surface area contributed by atoms with Crippen molar-refractivity contribution in [3.8, 4) is 5.75 Å². The molecule has 1 fully saturated rings. The van der Waals surface area contributed by atoms with Crippen LogP contribution in [0.2, 0.25) is 0 Å². The lowest BCUT2D eigenvalue weighted by Gasteiger charge is -2.28. The molecule has 1 aromatic heterocycles. The minimum atomic E-state index is -0.777. The van der Waals surface area contributed by atoms with Gasteiger partial charge in [-0.1, -0.05) is 17.7 Å². The third-order valence-corrected chi connectivity index (χ3v) is 6.11. The van der Waals surface area contributed by atoms with Gasteiger partial charge in [0.25, 0.3) is 11.7 Å². The molecule has 1 unspecified atom stereocenters. The summed E-state index contributed by atoms with van der Waals surface area (Å²) in [7, 11) is 1.94. The molecule has 0 saturated carbocycles. The van der Waals surface area contributed by atoms with Crippen LogP contribution in [-0.4, -0.2) is 42.0 Å². The maximum atomic E-state index is 13.2. The second-order valence-corrected chi connectivity index (χ2v) is 8.24. The van der Waals surface area contributed by atoms with Gasteiger partial charge in [-0.2, -0.15) is 0 Å². The van der Waals surface area contributed by atoms with Crippen molar-refractivity contribution in [1.29, 1.82) is 0 Å². The molecular weight excluding hydrogens is 418 g/mol. The van der Waals surface area contributed by atoms with E-state index in [0.717, 1.165) is 11.3 Å². The molecule has 7 heteroatoms. The van der Waals surface area contributed by atoms with Gasteiger partial charge in [0.15, 0.2) is 0 Å². The third kappa shape index (κ3) is 3.51. The number of carbonyl (C=O) groups is 2. The van der Waals surface area contributed by atoms with Crippen LogP contribution in [0, 0.1) is 6.92 Å². The Morgan fingerprint density at radius 1 is 1.06 bits per heavy atom. The molecule has 1 amide bonds. The van der Waals surface area contributed by atoms with E-state index in [9.17, 15) is 14.7 Å². The number of carbonyl (C=O) groups excluding carboxylic acids is 2. The molecule has 166 valence electrons. The van der Waals surface area contributed by atoms with Crippen LogP contribution < -0.4 is 14.5 Å². The summed E-state index contributed by atoms with van der Waals surface area (Å²) in [5.74, 6) is -0.907. The maximum absolute atomic E-state index is 13.2. The highest BCUT2D eigenvalue weighted by Gasteiger charge is 2.47. The van der Waals surface area contributed by atoms with Gasteiger partial charge in [-0.05, 0) is 55.0 Å². The van der Waals surface area contributed by atoms with Crippen LogP contribution >= 0.6 is 0 Å². The normalized spacial score (nSPS) is 19.4. The summed E-state index contributed by atoms with van der Waals surface area (Å²) in [4.78, 5) is 34.0. The third-order valence-electron chi connectivity index (χ3n) is 6.11. The molecule has 5 rings (SSSR count). The first-order valence-corrected chi connectivity index (χ1v) is 10.7. The molecule has 2 aliphatic rings. The number of rotatable bonds is 3. The van der Waals surface area contributed by atoms with E-state index in [2.05, 4.69) is 4.98 Å². The number of anilines is 2. The van der Waals surface area contributed by atoms with Crippen molar-refractivity contribution < 1.29 is 19.4 Å². The zero-order valence-corrected chi connectivity index (χ0v) is 18.4. The Labute approximate surface area is 191 Å². The van der Waals surface area contributed by atoms with Crippen molar-refractivity contribution in [3.05, 3.63) is 89.3 Å². The van der Waals surface area contributed by atoms with E-state index in [4.69, 9.17) is 4.74 Å². The summed E-state index contributed by atoms with van der Waals surface area (Å²) in [6.45, 7) is 3.25. The average molecular weight is 441 g/mol. The largest absolute Gasteiger partial charge is 0.507 e. The summed E-state index contributed by atoms with van der Waals surface area (Å²) in [6, 6.07) is 15.4. The summed E-state index contributed by atoms with van der Waals surface area (Å²) in [6.07, 6.45) is 3.21. The minimum Gasteiger partial charge on any atom is -0.507 e. The van der Waals surface area contributed by atoms with Gasteiger partial charge in [0, 0.05) is 30.7 Å². The lowest BCUT2D eigenvalue weighted by atomic mass is 9.95. The molecule has 7 nitrogen and oxygen atoms in total. The quantitative estimate of drug-likeness (QED) is 0.378. The van der Waals surface area contributed by atoms with E-state index in [1.807, 2.05) is 31.0 Å². The number of benzene rings is 2. The number of hydrogen-bond donors (Lipinski definition) is 1. The van der Waals surface area contributed by atoms with Gasteiger partial charge in [0.2, 0.25) is 0 Å². The number of ketones is 1. The number of nitrogens with zero attached hydrogens (tertiary/aromatic N) is 3. The van der Waals surface area contributed by atoms with E-state index in [-0.39, 0.29) is 11.3 Å². The van der Waals surface area contributed by atoms with Crippen LogP contribution in [0.4, 0.5) is 11.4 Å². The lowest BCUT2D eigenvalue weighted by molar-refractivity contribution is -0.132. The predicted octanol–water partition coefficient (Wildman–Crippen LogP) is 3.84. The monoisotopic (exact) mass is 441 g/mol. The van der Waals surface area contributed by atoms with Crippen molar-refractivity contribution in [2.45, 2.75) is 13.0 Å². The number of fused-ring (bicyclic) bond motifs is 1. The number of likely N-dealkylation sites (N-methyl/N-ethyl adjacent to an activating group) is 1. The minimum absolute atomic E-state index is 0.0473. The summed E-state index contributed by atoms with van der Waals surface area (Å²) in [5, 5.41) is 11.3. The number of aryl methyl sites for hydroxylation is 1. The highest BCUT2D eigenvalue weighted by Crippen LogP contribution is 2.43. The maximum Gasteiger partial charge on any atom is 0.300 e. The van der Waals surface area contributed by atoms with Gasteiger partial charge in [-0.25, -0.2) is 0 Å². The van der Waals surface area contributed by atoms with Crippen molar-refractivity contribution >= 4 is 28.8 Å². The zero-order chi connectivity index (χ0) is 23.1. The zero-order valence-electron chi connectivity index (χ0n) is 18.4. The van der Waals surface area contributed by atoms with Crippen molar-refractivity contribution in [2.24, 2.45) is 0 Å². The molecule has 0 spiro atoms. The molecule has 33 heavy (non-hydrogen) atoms. The van der Waals surface area contributed by atoms with E-state index < -0.39 is 17.7 Å². The molecular formula is C26H23N3O4. The van der Waals surface area contributed by atoms with E-state index in [1.54, 1.807) is 54.9 Å². The predicted molar refractivity (Wildman–Crippen MR) is 125 cm³/mol. The lowest BCUT2D eigenvalue weighted by Crippen LogP contribution is -2.29. The number of aliphatic hydroxyl groups is 1. The van der Waals surface area contributed by atoms with Gasteiger partial charge in [0.1, 0.15) is 18.1 Å². The summed E-state index contributed by atoms with van der Waals surface area (Å²) < 4.78 is 5.69. The van der Waals surface area contributed by atoms with E-state index in [1.165, 1.54) is 4.90 Å². The number of Topliss-reactive ketones (excluding diaryl/α,β-unsaturated/α-hetero) is 1. The van der Waals surface area contributed by atoms with Crippen LogP contribution in [0.1, 0.15) is 22.7 Å². The van der Waals surface area contributed by atoms with Gasteiger partial charge >= 0.3 is 0 Å². The van der Waals surface area contributed by atoms with Crippen molar-refractivity contribution in [2.75, 3.05) is 30.0 Å². The van der Waals surface area contributed by atoms with Gasteiger partial charge in [0.05, 0.1) is 23.8 Å². The first-order chi connectivity index (χ1) is 16.0. The SMILES string of the molecule is Cc1ccc(N2C(=O)C(=O)/C(=C(\O)c3ccc4c(c3)N(C)CCO4)C2c2ccncc2)cc1. The molecule has 3 aromatic rings. The van der Waals surface area contributed by atoms with Gasteiger partial charge in [-0.15, -0.1) is 0 Å². The molecule has 0 radical (unpaired) electrons. The number of hydrogen-bond acceptors (Lipinski definition) is 6. The Bertz CT molecular complexity index is 1270. The molecule has 1 atom stereocenters. The highest BCUT2D eigenvalue weighted by atomic mass is 16.5. The number of aromatic nitrogens is 1. The number of amides is 1. The van der Waals surface area contributed by atoms with Crippen molar-refractivity contribution in [3.63, 3.8) is 0 Å². The first kappa shape index (κ1) is 20.8. The Morgan fingerprint density at radius 2 is 1.79 bits per heavy atom. The van der Waals surface area contributed by atoms with Crippen LogP contribution in [0.3, 0.4) is 0 Å². The standard InChI is InChI=1S/C26H23N3O4/c1-16-3-6-19(7-4-16)29-23(17-9-11-27-12-10-17)22(25(31)26(29)32)24(30)18-5-8-21-20(15-18)28(2)13-14-33-21/h3-12,15,23,30H,13-14H2,1-2H3/b24-22-. The Morgan fingerprint density at radius 3 is 2.52 bits per heavy atom. The van der Waals surface area contributed by atoms with Gasteiger partial charge < -0.3 is 14.7 Å². The van der Waals surface area contributed by atoms with Crippen LogP contribution in [0.5, 0.6) is 5.75 Å². The molecule has 2 aliphatic heterocycles. The second kappa shape index (κ2) is 8.09. The van der Waals surface area contributed by atoms with Crippen LogP contribution in [0.25, 0.3) is 5.76 Å².